The number of nitrogens with zero attached hydrogens (tertiary/aromatic N) is 3. The highest BCUT2D eigenvalue weighted by molar-refractivity contribution is 8.16. The van der Waals surface area contributed by atoms with E-state index in [4.69, 9.17) is 9.47 Å². The molecule has 3 rings (SSSR count). The maximum absolute atomic E-state index is 12.1. The number of aliphatic imine (C=N–C) groups is 2. The van der Waals surface area contributed by atoms with Crippen LogP contribution in [-0.4, -0.2) is 91.1 Å². The number of carboxylic acid groups (broad SMARTS) is 1. The molecule has 0 saturated carbocycles. The largest absolute Gasteiger partial charge is 0.480 e. The molecule has 1 unspecified atom stereocenters. The van der Waals surface area contributed by atoms with E-state index in [0.29, 0.717) is 30.3 Å². The zero-order valence-corrected chi connectivity index (χ0v) is 14.7. The van der Waals surface area contributed by atoms with Gasteiger partial charge in [-0.1, -0.05) is 0 Å². The Kier molecular flexibility index (Phi) is 5.71. The molecule has 3 aliphatic heterocycles. The van der Waals surface area contributed by atoms with Gasteiger partial charge in [0.1, 0.15) is 11.1 Å². The summed E-state index contributed by atoms with van der Waals surface area (Å²) in [5, 5.41) is 13.3. The van der Waals surface area contributed by atoms with Crippen LogP contribution in [0.2, 0.25) is 0 Å². The minimum atomic E-state index is -0.950. The fourth-order valence-electron chi connectivity index (χ4n) is 2.81. The fraction of sp³-hybridized carbons (Fsp3) is 0.600. The molecule has 136 valence electrons. The van der Waals surface area contributed by atoms with Crippen LogP contribution in [0, 0.1) is 0 Å². The van der Waals surface area contributed by atoms with Gasteiger partial charge in [0.25, 0.3) is 0 Å². The highest BCUT2D eigenvalue weighted by Gasteiger charge is 2.32. The number of thioether (sulfide) groups is 1. The van der Waals surface area contributed by atoms with Crippen molar-refractivity contribution in [1.29, 1.82) is 0 Å². The smallest absolute Gasteiger partial charge is 0.337 e. The van der Waals surface area contributed by atoms with E-state index in [1.807, 2.05) is 0 Å². The third kappa shape index (κ3) is 4.02. The molecule has 1 fully saturated rings. The van der Waals surface area contributed by atoms with Gasteiger partial charge < -0.3 is 19.9 Å². The van der Waals surface area contributed by atoms with E-state index < -0.39 is 18.0 Å². The lowest BCUT2D eigenvalue weighted by molar-refractivity contribution is -0.149. The van der Waals surface area contributed by atoms with Gasteiger partial charge in [-0.05, 0) is 0 Å². The second-order valence-electron chi connectivity index (χ2n) is 5.67. The topological polar surface area (TPSA) is 113 Å². The Morgan fingerprint density at radius 1 is 1.52 bits per heavy atom. The van der Waals surface area contributed by atoms with Crippen molar-refractivity contribution >= 4 is 34.6 Å². The van der Waals surface area contributed by atoms with Crippen molar-refractivity contribution in [2.75, 3.05) is 52.3 Å². The fourth-order valence-corrected chi connectivity index (χ4v) is 3.62. The molecule has 9 nitrogen and oxygen atoms in total. The van der Waals surface area contributed by atoms with Crippen molar-refractivity contribution in [3.63, 3.8) is 0 Å². The lowest BCUT2D eigenvalue weighted by atomic mass is 10.1. The lowest BCUT2D eigenvalue weighted by Gasteiger charge is -2.33. The average Bonchev–Trinajstić information content (AvgIpc) is 3.16. The second-order valence-corrected chi connectivity index (χ2v) is 6.75. The summed E-state index contributed by atoms with van der Waals surface area (Å²) in [5.41, 5.74) is 0.925. The zero-order valence-electron chi connectivity index (χ0n) is 13.9. The highest BCUT2D eigenvalue weighted by atomic mass is 32.2. The number of ether oxygens (including phenoxy) is 2. The summed E-state index contributed by atoms with van der Waals surface area (Å²) in [4.78, 5) is 34.2. The van der Waals surface area contributed by atoms with Crippen LogP contribution in [0.1, 0.15) is 0 Å². The summed E-state index contributed by atoms with van der Waals surface area (Å²) in [6.45, 7) is 2.29. The predicted molar refractivity (Wildman–Crippen MR) is 93.1 cm³/mol. The SMILES string of the molecule is COC(=O)C1=C(CN2CCOCC2C(=O)O)N=C(C2=NCCS2)NC1. The molecule has 0 bridgehead atoms. The average molecular weight is 368 g/mol. The van der Waals surface area contributed by atoms with E-state index in [1.165, 1.54) is 7.11 Å². The van der Waals surface area contributed by atoms with Crippen LogP contribution in [0.5, 0.6) is 0 Å². The van der Waals surface area contributed by atoms with Crippen molar-refractivity contribution in [3.05, 3.63) is 11.3 Å². The lowest BCUT2D eigenvalue weighted by Crippen LogP contribution is -2.51. The highest BCUT2D eigenvalue weighted by Crippen LogP contribution is 2.20. The molecule has 0 radical (unpaired) electrons. The number of aliphatic carboxylic acids is 1. The number of amidine groups is 1. The summed E-state index contributed by atoms with van der Waals surface area (Å²) in [7, 11) is 1.32. The van der Waals surface area contributed by atoms with E-state index in [0.717, 1.165) is 17.3 Å². The van der Waals surface area contributed by atoms with Crippen molar-refractivity contribution in [2.24, 2.45) is 9.98 Å². The number of carbonyl (C=O) groups excluding carboxylic acids is 1. The number of rotatable bonds is 5. The molecule has 1 saturated heterocycles. The minimum Gasteiger partial charge on any atom is -0.480 e. The van der Waals surface area contributed by atoms with Crippen LogP contribution in [0.4, 0.5) is 0 Å². The summed E-state index contributed by atoms with van der Waals surface area (Å²) in [5.74, 6) is 0.120. The van der Waals surface area contributed by atoms with Gasteiger partial charge in [0.05, 0.1) is 38.1 Å². The van der Waals surface area contributed by atoms with Gasteiger partial charge in [-0.25, -0.2) is 9.79 Å². The van der Waals surface area contributed by atoms with E-state index in [2.05, 4.69) is 15.3 Å². The Hall–Kier alpha value is -1.91. The van der Waals surface area contributed by atoms with E-state index in [9.17, 15) is 14.7 Å². The third-order valence-electron chi connectivity index (χ3n) is 4.12. The van der Waals surface area contributed by atoms with Gasteiger partial charge >= 0.3 is 11.9 Å². The first kappa shape index (κ1) is 17.9. The van der Waals surface area contributed by atoms with Crippen LogP contribution >= 0.6 is 11.8 Å². The van der Waals surface area contributed by atoms with Crippen molar-refractivity contribution < 1.29 is 24.2 Å². The van der Waals surface area contributed by atoms with Gasteiger partial charge in [-0.15, -0.1) is 11.8 Å². The molecule has 0 spiro atoms. The van der Waals surface area contributed by atoms with Crippen LogP contribution in [0.15, 0.2) is 21.3 Å². The van der Waals surface area contributed by atoms with Gasteiger partial charge in [-0.2, -0.15) is 0 Å². The summed E-state index contributed by atoms with van der Waals surface area (Å²) in [6, 6.07) is -0.758. The number of carbonyl (C=O) groups is 2. The molecule has 25 heavy (non-hydrogen) atoms. The molecule has 0 amide bonds. The molecule has 2 N–H and O–H groups in total. The Morgan fingerprint density at radius 2 is 2.36 bits per heavy atom. The third-order valence-corrected chi connectivity index (χ3v) is 5.11. The summed E-state index contributed by atoms with van der Waals surface area (Å²) >= 11 is 1.61. The molecule has 10 heteroatoms. The van der Waals surface area contributed by atoms with Crippen LogP contribution in [0.25, 0.3) is 0 Å². The molecule has 1 atom stereocenters. The number of hydrogen-bond acceptors (Lipinski definition) is 9. The van der Waals surface area contributed by atoms with Crippen molar-refractivity contribution in [1.82, 2.24) is 10.2 Å². The zero-order chi connectivity index (χ0) is 17.8. The minimum absolute atomic E-state index is 0.119. The van der Waals surface area contributed by atoms with Crippen molar-refractivity contribution in [2.45, 2.75) is 6.04 Å². The summed E-state index contributed by atoms with van der Waals surface area (Å²) in [6.07, 6.45) is 0. The maximum atomic E-state index is 12.1. The first-order valence-electron chi connectivity index (χ1n) is 7.95. The van der Waals surface area contributed by atoms with Crippen molar-refractivity contribution in [3.8, 4) is 0 Å². The molecule has 0 aromatic heterocycles. The Labute approximate surface area is 149 Å². The van der Waals surface area contributed by atoms with Gasteiger partial charge in [0.2, 0.25) is 0 Å². The molecule has 0 aromatic carbocycles. The Balaban J connectivity index is 1.87. The molecule has 3 heterocycles. The van der Waals surface area contributed by atoms with Crippen LogP contribution < -0.4 is 5.32 Å². The number of methoxy groups -OCH3 is 1. The Morgan fingerprint density at radius 3 is 3.04 bits per heavy atom. The molecular formula is C15H20N4O5S. The van der Waals surface area contributed by atoms with E-state index in [1.54, 1.807) is 16.7 Å². The van der Waals surface area contributed by atoms with Gasteiger partial charge in [-0.3, -0.25) is 14.7 Å². The Bertz CT molecular complexity index is 660. The quantitative estimate of drug-likeness (QED) is 0.616. The monoisotopic (exact) mass is 368 g/mol. The molecule has 3 aliphatic rings. The van der Waals surface area contributed by atoms with Gasteiger partial charge in [0.15, 0.2) is 5.84 Å². The first-order valence-corrected chi connectivity index (χ1v) is 8.94. The first-order chi connectivity index (χ1) is 12.1. The van der Waals surface area contributed by atoms with Crippen LogP contribution in [-0.2, 0) is 19.1 Å². The van der Waals surface area contributed by atoms with Crippen LogP contribution in [0.3, 0.4) is 0 Å². The number of morpholine rings is 1. The molecule has 0 aromatic rings. The predicted octanol–water partition coefficient (Wildman–Crippen LogP) is -0.654. The number of hydrogen-bond donors (Lipinski definition) is 2. The number of esters is 1. The second kappa shape index (κ2) is 7.98. The van der Waals surface area contributed by atoms with Gasteiger partial charge in [0, 0.05) is 25.4 Å². The normalized spacial score (nSPS) is 24.4. The standard InChI is InChI=1S/C15H20N4O5S/c1-23-15(22)9-6-17-12(13-16-2-5-25-13)18-10(9)7-19-3-4-24-8-11(19)14(20)21/h11H,2-8H2,1H3,(H,17,18)(H,20,21). The van der Waals surface area contributed by atoms with E-state index >= 15 is 0 Å². The summed E-state index contributed by atoms with van der Waals surface area (Å²) < 4.78 is 10.1. The molecule has 0 aliphatic carbocycles. The van der Waals surface area contributed by atoms with E-state index in [-0.39, 0.29) is 19.7 Å². The molecular weight excluding hydrogens is 348 g/mol. The maximum Gasteiger partial charge on any atom is 0.337 e. The number of carboxylic acids is 1. The number of nitrogens with one attached hydrogen (secondary N) is 1.